The summed E-state index contributed by atoms with van der Waals surface area (Å²) in [6, 6.07) is 19.7. The second-order valence-corrected chi connectivity index (χ2v) is 6.96. The molecule has 0 heterocycles. The lowest BCUT2D eigenvalue weighted by Gasteiger charge is -2.17. The van der Waals surface area contributed by atoms with E-state index in [1.54, 1.807) is 0 Å². The van der Waals surface area contributed by atoms with Crippen molar-refractivity contribution in [1.29, 1.82) is 0 Å². The number of amides is 2. The minimum absolute atomic E-state index is 0.0218. The molecule has 0 unspecified atom stereocenters. The lowest BCUT2D eigenvalue weighted by atomic mass is 10.1. The fraction of sp³-hybridized carbons (Fsp3) is 0.263. The summed E-state index contributed by atoms with van der Waals surface area (Å²) >= 11 is 1.48. The molecule has 1 saturated carbocycles. The van der Waals surface area contributed by atoms with Gasteiger partial charge < -0.3 is 10.6 Å². The van der Waals surface area contributed by atoms with E-state index in [9.17, 15) is 9.59 Å². The maximum Gasteiger partial charge on any atom is 0.239 e. The van der Waals surface area contributed by atoms with Crippen LogP contribution in [0, 0.1) is 0 Å². The van der Waals surface area contributed by atoms with Crippen LogP contribution in [-0.2, 0) is 9.59 Å². The highest BCUT2D eigenvalue weighted by molar-refractivity contribution is 8.00. The third kappa shape index (κ3) is 4.86. The zero-order valence-electron chi connectivity index (χ0n) is 13.3. The van der Waals surface area contributed by atoms with Gasteiger partial charge in [-0.2, -0.15) is 0 Å². The molecule has 2 aromatic carbocycles. The Morgan fingerprint density at radius 1 is 1.00 bits per heavy atom. The van der Waals surface area contributed by atoms with E-state index in [1.807, 2.05) is 60.7 Å². The van der Waals surface area contributed by atoms with Crippen LogP contribution in [-0.4, -0.2) is 24.4 Å². The minimum atomic E-state index is -0.387. The van der Waals surface area contributed by atoms with E-state index in [4.69, 9.17) is 0 Å². The summed E-state index contributed by atoms with van der Waals surface area (Å²) in [6.45, 7) is 0.0218. The van der Waals surface area contributed by atoms with E-state index in [0.29, 0.717) is 6.04 Å². The third-order valence-electron chi connectivity index (χ3n) is 3.70. The second-order valence-electron chi connectivity index (χ2n) is 5.78. The predicted octanol–water partition coefficient (Wildman–Crippen LogP) is 2.91. The van der Waals surface area contributed by atoms with Crippen molar-refractivity contribution in [2.75, 3.05) is 6.54 Å². The number of rotatable bonds is 7. The molecule has 124 valence electrons. The molecule has 4 nitrogen and oxygen atoms in total. The van der Waals surface area contributed by atoms with Gasteiger partial charge in [-0.15, -0.1) is 11.8 Å². The topological polar surface area (TPSA) is 58.2 Å². The molecule has 24 heavy (non-hydrogen) atoms. The van der Waals surface area contributed by atoms with Crippen LogP contribution in [0.2, 0.25) is 0 Å². The first-order chi connectivity index (χ1) is 11.7. The molecule has 2 N–H and O–H groups in total. The molecule has 0 spiro atoms. The molecule has 0 saturated heterocycles. The highest BCUT2D eigenvalue weighted by Crippen LogP contribution is 2.35. The Labute approximate surface area is 146 Å². The van der Waals surface area contributed by atoms with Crippen LogP contribution in [0.5, 0.6) is 0 Å². The lowest BCUT2D eigenvalue weighted by Crippen LogP contribution is -2.39. The first-order valence-corrected chi connectivity index (χ1v) is 8.94. The minimum Gasteiger partial charge on any atom is -0.352 e. The van der Waals surface area contributed by atoms with Crippen molar-refractivity contribution < 1.29 is 9.59 Å². The zero-order chi connectivity index (χ0) is 16.8. The molecule has 3 rings (SSSR count). The molecule has 1 aliphatic carbocycles. The first-order valence-electron chi connectivity index (χ1n) is 8.06. The molecule has 1 atom stereocenters. The van der Waals surface area contributed by atoms with E-state index in [1.165, 1.54) is 11.8 Å². The Balaban J connectivity index is 1.66. The highest BCUT2D eigenvalue weighted by Gasteiger charge is 2.25. The highest BCUT2D eigenvalue weighted by atomic mass is 32.2. The van der Waals surface area contributed by atoms with Gasteiger partial charge in [0.25, 0.3) is 0 Å². The molecule has 0 bridgehead atoms. The number of hydrogen-bond acceptors (Lipinski definition) is 3. The molecule has 2 amide bonds. The Bertz CT molecular complexity index is 687. The van der Waals surface area contributed by atoms with Gasteiger partial charge in [0.1, 0.15) is 5.25 Å². The quantitative estimate of drug-likeness (QED) is 0.762. The molecule has 5 heteroatoms. The second kappa shape index (κ2) is 8.02. The van der Waals surface area contributed by atoms with Crippen molar-refractivity contribution in [3.05, 3.63) is 66.2 Å². The summed E-state index contributed by atoms with van der Waals surface area (Å²) in [5, 5.41) is 5.25. The van der Waals surface area contributed by atoms with E-state index < -0.39 is 0 Å². The monoisotopic (exact) mass is 340 g/mol. The Kier molecular flexibility index (Phi) is 5.54. The van der Waals surface area contributed by atoms with Crippen LogP contribution < -0.4 is 10.6 Å². The molecule has 1 aliphatic rings. The number of carbonyl (C=O) groups is 2. The molecular weight excluding hydrogens is 320 g/mol. The Morgan fingerprint density at radius 3 is 2.25 bits per heavy atom. The number of carbonyl (C=O) groups excluding carboxylic acids is 2. The fourth-order valence-electron chi connectivity index (χ4n) is 2.30. The molecule has 2 aromatic rings. The van der Waals surface area contributed by atoms with Crippen LogP contribution in [0.25, 0.3) is 0 Å². The standard InChI is InChI=1S/C19H20N2O2S/c22-17(21-15-11-12-15)13-20-19(23)18(14-7-3-1-4-8-14)24-16-9-5-2-6-10-16/h1-10,15,18H,11-13H2,(H,20,23)(H,21,22)/t18-/m0/s1. The number of nitrogens with one attached hydrogen (secondary N) is 2. The van der Waals surface area contributed by atoms with Gasteiger partial charge in [0.15, 0.2) is 0 Å². The van der Waals surface area contributed by atoms with E-state index in [0.717, 1.165) is 23.3 Å². The van der Waals surface area contributed by atoms with Crippen LogP contribution in [0.1, 0.15) is 23.7 Å². The fourth-order valence-corrected chi connectivity index (χ4v) is 3.37. The van der Waals surface area contributed by atoms with E-state index >= 15 is 0 Å². The van der Waals surface area contributed by atoms with Gasteiger partial charge in [0.2, 0.25) is 11.8 Å². The molecule has 0 radical (unpaired) electrons. The third-order valence-corrected chi connectivity index (χ3v) is 4.97. The number of benzene rings is 2. The van der Waals surface area contributed by atoms with Gasteiger partial charge in [0.05, 0.1) is 6.54 Å². The van der Waals surface area contributed by atoms with Gasteiger partial charge in [-0.25, -0.2) is 0 Å². The van der Waals surface area contributed by atoms with Gasteiger partial charge in [-0.3, -0.25) is 9.59 Å². The normalized spacial score (nSPS) is 14.7. The largest absolute Gasteiger partial charge is 0.352 e. The van der Waals surface area contributed by atoms with Crippen molar-refractivity contribution in [2.45, 2.75) is 29.0 Å². The smallest absolute Gasteiger partial charge is 0.239 e. The lowest BCUT2D eigenvalue weighted by molar-refractivity contribution is -0.125. The first kappa shape index (κ1) is 16.6. The Hall–Kier alpha value is -2.27. The maximum absolute atomic E-state index is 12.6. The average Bonchev–Trinajstić information content (AvgIpc) is 3.43. The summed E-state index contributed by atoms with van der Waals surface area (Å²) in [4.78, 5) is 25.4. The van der Waals surface area contributed by atoms with Gasteiger partial charge in [-0.05, 0) is 30.5 Å². The summed E-state index contributed by atoms with van der Waals surface area (Å²) < 4.78 is 0. The van der Waals surface area contributed by atoms with Crippen LogP contribution in [0.3, 0.4) is 0 Å². The summed E-state index contributed by atoms with van der Waals surface area (Å²) in [5.41, 5.74) is 0.923. The van der Waals surface area contributed by atoms with Crippen molar-refractivity contribution in [3.8, 4) is 0 Å². The average molecular weight is 340 g/mol. The van der Waals surface area contributed by atoms with Gasteiger partial charge in [0, 0.05) is 10.9 Å². The van der Waals surface area contributed by atoms with Crippen molar-refractivity contribution in [1.82, 2.24) is 10.6 Å². The number of thioether (sulfide) groups is 1. The summed E-state index contributed by atoms with van der Waals surface area (Å²) in [5.74, 6) is -0.275. The summed E-state index contributed by atoms with van der Waals surface area (Å²) in [7, 11) is 0. The van der Waals surface area contributed by atoms with Crippen molar-refractivity contribution in [2.24, 2.45) is 0 Å². The van der Waals surface area contributed by atoms with Crippen molar-refractivity contribution in [3.63, 3.8) is 0 Å². The maximum atomic E-state index is 12.6. The Morgan fingerprint density at radius 2 is 1.62 bits per heavy atom. The molecule has 0 aromatic heterocycles. The zero-order valence-corrected chi connectivity index (χ0v) is 14.1. The summed E-state index contributed by atoms with van der Waals surface area (Å²) in [6.07, 6.45) is 2.08. The van der Waals surface area contributed by atoms with Crippen LogP contribution in [0.4, 0.5) is 0 Å². The molecule has 0 aliphatic heterocycles. The van der Waals surface area contributed by atoms with Gasteiger partial charge in [-0.1, -0.05) is 48.5 Å². The molecule has 1 fully saturated rings. The SMILES string of the molecule is O=C(CNC(=O)[C@@H](Sc1ccccc1)c1ccccc1)NC1CC1. The number of hydrogen-bond donors (Lipinski definition) is 2. The van der Waals surface area contributed by atoms with E-state index in [-0.39, 0.29) is 23.6 Å². The van der Waals surface area contributed by atoms with Crippen LogP contribution >= 0.6 is 11.8 Å². The van der Waals surface area contributed by atoms with Crippen molar-refractivity contribution >= 4 is 23.6 Å². The van der Waals surface area contributed by atoms with E-state index in [2.05, 4.69) is 10.6 Å². The molecular formula is C19H20N2O2S. The van der Waals surface area contributed by atoms with Crippen LogP contribution in [0.15, 0.2) is 65.6 Å². The predicted molar refractivity (Wildman–Crippen MR) is 95.7 cm³/mol. The van der Waals surface area contributed by atoms with Gasteiger partial charge >= 0.3 is 0 Å².